The molecule has 0 aliphatic carbocycles. The predicted octanol–water partition coefficient (Wildman–Crippen LogP) is 3.05. The van der Waals surface area contributed by atoms with Crippen molar-refractivity contribution in [1.82, 2.24) is 9.97 Å². The third kappa shape index (κ3) is 4.45. The molecule has 0 fully saturated rings. The first-order valence-electron chi connectivity index (χ1n) is 6.56. The zero-order valence-corrected chi connectivity index (χ0v) is 12.3. The van der Waals surface area contributed by atoms with E-state index in [9.17, 15) is 4.79 Å². The van der Waals surface area contributed by atoms with Crippen LogP contribution in [0.15, 0.2) is 36.5 Å². The Balaban J connectivity index is 2.30. The second-order valence-electron chi connectivity index (χ2n) is 5.46. The molecular weight excluding hydrogens is 268 g/mol. The molecule has 0 bridgehead atoms. The molecule has 0 aliphatic heterocycles. The first kappa shape index (κ1) is 14.8. The number of hydrogen-bond donors (Lipinski definition) is 2. The zero-order chi connectivity index (χ0) is 15.3. The van der Waals surface area contributed by atoms with Crippen LogP contribution in [-0.2, 0) is 4.79 Å². The molecule has 1 aromatic heterocycles. The number of ether oxygens (including phenoxy) is 1. The lowest BCUT2D eigenvalue weighted by atomic mass is 10.1. The minimum Gasteiger partial charge on any atom is -0.437 e. The van der Waals surface area contributed by atoms with E-state index in [0.29, 0.717) is 23.8 Å². The van der Waals surface area contributed by atoms with Crippen LogP contribution in [0.5, 0.6) is 11.6 Å². The monoisotopic (exact) mass is 286 g/mol. The number of carbonyl (C=O) groups is 1. The lowest BCUT2D eigenvalue weighted by molar-refractivity contribution is -0.105. The normalized spacial score (nSPS) is 10.8. The summed E-state index contributed by atoms with van der Waals surface area (Å²) in [6, 6.07) is 9.23. The van der Waals surface area contributed by atoms with Crippen molar-refractivity contribution >= 4 is 18.0 Å². The van der Waals surface area contributed by atoms with Gasteiger partial charge in [0.2, 0.25) is 18.2 Å². The number of aromatic nitrogens is 2. The minimum atomic E-state index is -0.177. The molecule has 2 aromatic rings. The van der Waals surface area contributed by atoms with Crippen LogP contribution in [0.25, 0.3) is 0 Å². The van der Waals surface area contributed by atoms with Crippen molar-refractivity contribution in [3.63, 3.8) is 0 Å². The summed E-state index contributed by atoms with van der Waals surface area (Å²) in [4.78, 5) is 19.1. The average molecular weight is 286 g/mol. The Morgan fingerprint density at radius 2 is 1.90 bits per heavy atom. The smallest absolute Gasteiger partial charge is 0.248 e. The molecule has 1 amide bonds. The maximum Gasteiger partial charge on any atom is 0.248 e. The van der Waals surface area contributed by atoms with E-state index in [-0.39, 0.29) is 11.4 Å². The van der Waals surface area contributed by atoms with Gasteiger partial charge < -0.3 is 15.4 Å². The van der Waals surface area contributed by atoms with E-state index in [4.69, 9.17) is 4.74 Å². The molecule has 21 heavy (non-hydrogen) atoms. The summed E-state index contributed by atoms with van der Waals surface area (Å²) in [5.74, 6) is 1.35. The van der Waals surface area contributed by atoms with Gasteiger partial charge in [-0.15, -0.1) is 0 Å². The zero-order valence-electron chi connectivity index (χ0n) is 12.3. The molecule has 0 saturated heterocycles. The number of para-hydroxylation sites is 1. The third-order valence-corrected chi connectivity index (χ3v) is 2.41. The molecular formula is C15H18N4O2. The molecule has 0 radical (unpaired) electrons. The van der Waals surface area contributed by atoms with E-state index in [1.165, 1.54) is 6.20 Å². The number of amides is 1. The molecule has 2 N–H and O–H groups in total. The van der Waals surface area contributed by atoms with Crippen molar-refractivity contribution in [2.24, 2.45) is 0 Å². The Morgan fingerprint density at radius 1 is 1.19 bits per heavy atom. The van der Waals surface area contributed by atoms with Gasteiger partial charge >= 0.3 is 0 Å². The Morgan fingerprint density at radius 3 is 2.52 bits per heavy atom. The van der Waals surface area contributed by atoms with Gasteiger partial charge in [0.1, 0.15) is 11.4 Å². The van der Waals surface area contributed by atoms with Crippen molar-refractivity contribution in [3.05, 3.63) is 36.5 Å². The summed E-state index contributed by atoms with van der Waals surface area (Å²) in [7, 11) is 0. The van der Waals surface area contributed by atoms with Gasteiger partial charge in [-0.25, -0.2) is 4.98 Å². The Labute approximate surface area is 123 Å². The Kier molecular flexibility index (Phi) is 4.37. The van der Waals surface area contributed by atoms with Crippen molar-refractivity contribution in [2.75, 3.05) is 10.6 Å². The molecule has 0 aliphatic rings. The molecule has 0 saturated carbocycles. The largest absolute Gasteiger partial charge is 0.437 e. The van der Waals surface area contributed by atoms with Crippen LogP contribution in [0.3, 0.4) is 0 Å². The summed E-state index contributed by atoms with van der Waals surface area (Å²) >= 11 is 0. The van der Waals surface area contributed by atoms with Crippen molar-refractivity contribution in [3.8, 4) is 11.6 Å². The maximum atomic E-state index is 10.7. The maximum absolute atomic E-state index is 10.7. The van der Waals surface area contributed by atoms with Gasteiger partial charge in [-0.1, -0.05) is 18.2 Å². The van der Waals surface area contributed by atoms with E-state index >= 15 is 0 Å². The summed E-state index contributed by atoms with van der Waals surface area (Å²) in [6.07, 6.45) is 2.07. The Bertz CT molecular complexity index is 609. The molecule has 110 valence electrons. The number of carbonyl (C=O) groups excluding carboxylic acids is 1. The quantitative estimate of drug-likeness (QED) is 0.826. The highest BCUT2D eigenvalue weighted by Crippen LogP contribution is 2.27. The highest BCUT2D eigenvalue weighted by atomic mass is 16.5. The van der Waals surface area contributed by atoms with Crippen LogP contribution in [0.2, 0.25) is 0 Å². The topological polar surface area (TPSA) is 76.1 Å². The van der Waals surface area contributed by atoms with Gasteiger partial charge in [0, 0.05) is 5.54 Å². The van der Waals surface area contributed by atoms with E-state index in [2.05, 4.69) is 20.6 Å². The van der Waals surface area contributed by atoms with Crippen LogP contribution >= 0.6 is 0 Å². The predicted molar refractivity (Wildman–Crippen MR) is 81.6 cm³/mol. The van der Waals surface area contributed by atoms with Gasteiger partial charge in [-0.2, -0.15) is 4.98 Å². The van der Waals surface area contributed by atoms with E-state index in [0.717, 1.165) is 0 Å². The fourth-order valence-electron chi connectivity index (χ4n) is 1.60. The Hall–Kier alpha value is -2.63. The van der Waals surface area contributed by atoms with Gasteiger partial charge in [0.25, 0.3) is 0 Å². The molecule has 1 heterocycles. The van der Waals surface area contributed by atoms with Gasteiger partial charge in [0.05, 0.1) is 6.20 Å². The molecule has 2 rings (SSSR count). The first-order chi connectivity index (χ1) is 9.98. The minimum absolute atomic E-state index is 0.177. The number of nitrogens with zero attached hydrogens (tertiary/aromatic N) is 2. The second kappa shape index (κ2) is 6.21. The lowest BCUT2D eigenvalue weighted by Gasteiger charge is -2.21. The van der Waals surface area contributed by atoms with Crippen molar-refractivity contribution in [2.45, 2.75) is 26.3 Å². The molecule has 0 spiro atoms. The first-order valence-corrected chi connectivity index (χ1v) is 6.56. The van der Waals surface area contributed by atoms with Gasteiger partial charge in [0.15, 0.2) is 0 Å². The second-order valence-corrected chi connectivity index (χ2v) is 5.46. The van der Waals surface area contributed by atoms with E-state index < -0.39 is 0 Å². The lowest BCUT2D eigenvalue weighted by Crippen LogP contribution is -2.27. The number of hydrogen-bond acceptors (Lipinski definition) is 5. The average Bonchev–Trinajstić information content (AvgIpc) is 2.41. The number of rotatable bonds is 5. The van der Waals surface area contributed by atoms with Crippen LogP contribution in [0.1, 0.15) is 20.8 Å². The molecule has 6 nitrogen and oxygen atoms in total. The molecule has 0 atom stereocenters. The molecule has 6 heteroatoms. The summed E-state index contributed by atoms with van der Waals surface area (Å²) < 4.78 is 5.70. The van der Waals surface area contributed by atoms with Crippen LogP contribution in [0.4, 0.5) is 11.6 Å². The molecule has 0 unspecified atom stereocenters. The van der Waals surface area contributed by atoms with Gasteiger partial charge in [-0.05, 0) is 32.9 Å². The van der Waals surface area contributed by atoms with Crippen molar-refractivity contribution in [1.29, 1.82) is 0 Å². The molecule has 1 aromatic carbocycles. The number of nitrogens with one attached hydrogen (secondary N) is 2. The fourth-order valence-corrected chi connectivity index (χ4v) is 1.60. The summed E-state index contributed by atoms with van der Waals surface area (Å²) in [5, 5.41) is 5.69. The summed E-state index contributed by atoms with van der Waals surface area (Å²) in [6.45, 7) is 6.02. The highest BCUT2D eigenvalue weighted by Gasteiger charge is 2.14. The van der Waals surface area contributed by atoms with Gasteiger partial charge in [-0.3, -0.25) is 4.79 Å². The number of anilines is 2. The SMILES string of the molecule is CC(C)(C)Nc1ncc(NC=O)c(Oc2ccccc2)n1. The highest BCUT2D eigenvalue weighted by molar-refractivity contribution is 5.74. The third-order valence-electron chi connectivity index (χ3n) is 2.41. The van der Waals surface area contributed by atoms with E-state index in [1.54, 1.807) is 0 Å². The summed E-state index contributed by atoms with van der Waals surface area (Å²) in [5.41, 5.74) is 0.234. The number of benzene rings is 1. The van der Waals surface area contributed by atoms with Crippen LogP contribution in [-0.4, -0.2) is 21.9 Å². The van der Waals surface area contributed by atoms with Crippen LogP contribution in [0, 0.1) is 0 Å². The fraction of sp³-hybridized carbons (Fsp3) is 0.267. The van der Waals surface area contributed by atoms with Crippen molar-refractivity contribution < 1.29 is 9.53 Å². The standard InChI is InChI=1S/C15H18N4O2/c1-15(2,3)19-14-16-9-12(17-10-20)13(18-14)21-11-7-5-4-6-8-11/h4-10H,1-3H3,(H,17,20)(H,16,18,19). The van der Waals surface area contributed by atoms with Crippen LogP contribution < -0.4 is 15.4 Å². The van der Waals surface area contributed by atoms with E-state index in [1.807, 2.05) is 51.1 Å².